The lowest BCUT2D eigenvalue weighted by Gasteiger charge is -2.16. The predicted molar refractivity (Wildman–Crippen MR) is 128 cm³/mol. The molecular formula is C26H37NO6. The topological polar surface area (TPSA) is 90.9 Å². The number of unbranched alkanes of at least 4 members (excludes halogenated alkanes) is 5. The molecule has 0 aliphatic heterocycles. The van der Waals surface area contributed by atoms with E-state index in [0.717, 1.165) is 44.1 Å². The van der Waals surface area contributed by atoms with Crippen molar-refractivity contribution < 1.29 is 28.6 Å². The molecule has 0 saturated heterocycles. The van der Waals surface area contributed by atoms with Crippen LogP contribution in [0.15, 0.2) is 54.1 Å². The molecule has 0 aliphatic rings. The summed E-state index contributed by atoms with van der Waals surface area (Å²) in [5.74, 6) is -0.574. The van der Waals surface area contributed by atoms with Gasteiger partial charge in [-0.3, -0.25) is 4.79 Å². The number of hydrogen-bond acceptors (Lipinski definition) is 6. The third kappa shape index (κ3) is 13.1. The van der Waals surface area contributed by atoms with Crippen LogP contribution in [0, 0.1) is 0 Å². The van der Waals surface area contributed by atoms with Crippen LogP contribution in [0.25, 0.3) is 0 Å². The number of carbonyl (C=O) groups is 3. The summed E-state index contributed by atoms with van der Waals surface area (Å²) in [5, 5.41) is 2.77. The zero-order valence-electron chi connectivity index (χ0n) is 20.0. The minimum atomic E-state index is -0.557. The third-order valence-corrected chi connectivity index (χ3v) is 5.12. The van der Waals surface area contributed by atoms with Gasteiger partial charge in [0.15, 0.2) is 0 Å². The fraction of sp³-hybridized carbons (Fsp3) is 0.500. The second-order valence-electron chi connectivity index (χ2n) is 7.67. The number of nitrogens with one attached hydrogen (secondary N) is 1. The van der Waals surface area contributed by atoms with Crippen molar-refractivity contribution in [3.8, 4) is 0 Å². The predicted octanol–water partition coefficient (Wildman–Crippen LogP) is 4.90. The fourth-order valence-corrected chi connectivity index (χ4v) is 3.32. The van der Waals surface area contributed by atoms with Gasteiger partial charge in [-0.2, -0.15) is 0 Å². The Morgan fingerprint density at radius 2 is 1.58 bits per heavy atom. The number of allylic oxidation sites excluding steroid dienone is 2. The highest BCUT2D eigenvalue weighted by molar-refractivity contribution is 5.88. The van der Waals surface area contributed by atoms with Crippen LogP contribution >= 0.6 is 0 Å². The first-order valence-corrected chi connectivity index (χ1v) is 11.4. The molecule has 0 saturated carbocycles. The molecule has 1 amide bonds. The van der Waals surface area contributed by atoms with Gasteiger partial charge in [0.1, 0.15) is 0 Å². The van der Waals surface area contributed by atoms with E-state index in [-0.39, 0.29) is 5.97 Å². The summed E-state index contributed by atoms with van der Waals surface area (Å²) >= 11 is 0. The maximum atomic E-state index is 12.3. The number of ether oxygens (including phenoxy) is 3. The largest absolute Gasteiger partial charge is 0.469 e. The molecule has 1 N–H and O–H groups in total. The number of hydrogen-bond donors (Lipinski definition) is 1. The SMILES string of the molecule is COC(=O)CCCCCCC/C=C/C/C(=C/[C@H](Cc1ccccc1)NC(=O)OC)C(=O)OC. The number of benzene rings is 1. The van der Waals surface area contributed by atoms with Crippen LogP contribution in [0.2, 0.25) is 0 Å². The first kappa shape index (κ1) is 27.9. The summed E-state index contributed by atoms with van der Waals surface area (Å²) in [5.41, 5.74) is 1.51. The first-order chi connectivity index (χ1) is 16.0. The van der Waals surface area contributed by atoms with Crippen molar-refractivity contribution >= 4 is 18.0 Å². The third-order valence-electron chi connectivity index (χ3n) is 5.12. The van der Waals surface area contributed by atoms with Gasteiger partial charge in [0.2, 0.25) is 0 Å². The number of amides is 1. The van der Waals surface area contributed by atoms with E-state index in [1.807, 2.05) is 36.4 Å². The maximum absolute atomic E-state index is 12.3. The molecule has 1 atom stereocenters. The summed E-state index contributed by atoms with van der Waals surface area (Å²) in [6.45, 7) is 0. The van der Waals surface area contributed by atoms with Crippen molar-refractivity contribution in [3.05, 3.63) is 59.7 Å². The van der Waals surface area contributed by atoms with Crippen molar-refractivity contribution in [1.29, 1.82) is 0 Å². The van der Waals surface area contributed by atoms with Gasteiger partial charge in [-0.1, -0.05) is 67.8 Å². The standard InChI is InChI=1S/C26H37NO6/c1-31-24(28)18-14-9-7-5-4-6-8-13-17-22(25(29)32-2)20-23(27-26(30)33-3)19-21-15-11-10-12-16-21/h8,10-13,15-16,20,23H,4-7,9,14,17-19H2,1-3H3,(H,27,30)/b13-8+,22-20-/t23-/m0/s1. The summed E-state index contributed by atoms with van der Waals surface area (Å²) in [4.78, 5) is 35.2. The number of carbonyl (C=O) groups excluding carboxylic acids is 3. The van der Waals surface area contributed by atoms with Gasteiger partial charge in [0.25, 0.3) is 0 Å². The van der Waals surface area contributed by atoms with E-state index in [2.05, 4.69) is 16.1 Å². The minimum absolute atomic E-state index is 0.153. The Morgan fingerprint density at radius 1 is 0.879 bits per heavy atom. The monoisotopic (exact) mass is 459 g/mol. The molecule has 0 bridgehead atoms. The van der Waals surface area contributed by atoms with Crippen LogP contribution in [0.1, 0.15) is 56.9 Å². The molecule has 7 heteroatoms. The highest BCUT2D eigenvalue weighted by Crippen LogP contribution is 2.13. The lowest BCUT2D eigenvalue weighted by molar-refractivity contribution is -0.140. The van der Waals surface area contributed by atoms with E-state index in [0.29, 0.717) is 24.8 Å². The molecule has 1 rings (SSSR count). The summed E-state index contributed by atoms with van der Waals surface area (Å²) in [7, 11) is 4.07. The van der Waals surface area contributed by atoms with Gasteiger partial charge in [0, 0.05) is 12.0 Å². The molecule has 0 fully saturated rings. The van der Waals surface area contributed by atoms with Gasteiger partial charge < -0.3 is 19.5 Å². The van der Waals surface area contributed by atoms with Crippen molar-refractivity contribution in [2.24, 2.45) is 0 Å². The summed E-state index contributed by atoms with van der Waals surface area (Å²) in [6, 6.07) is 9.30. The second kappa shape index (κ2) is 17.5. The van der Waals surface area contributed by atoms with E-state index in [1.165, 1.54) is 21.3 Å². The molecule has 0 spiro atoms. The van der Waals surface area contributed by atoms with Crippen molar-refractivity contribution in [1.82, 2.24) is 5.32 Å². The van der Waals surface area contributed by atoms with Crippen LogP contribution in [0.3, 0.4) is 0 Å². The van der Waals surface area contributed by atoms with Crippen LogP contribution in [-0.2, 0) is 30.2 Å². The lowest BCUT2D eigenvalue weighted by atomic mass is 10.0. The highest BCUT2D eigenvalue weighted by atomic mass is 16.5. The number of rotatable bonds is 15. The number of alkyl carbamates (subject to hydrolysis) is 1. The first-order valence-electron chi connectivity index (χ1n) is 11.4. The normalized spacial score (nSPS) is 12.3. The van der Waals surface area contributed by atoms with Gasteiger partial charge in [-0.05, 0) is 37.7 Å². The van der Waals surface area contributed by atoms with Crippen LogP contribution in [0.4, 0.5) is 4.79 Å². The number of esters is 2. The Labute approximate surface area is 197 Å². The van der Waals surface area contributed by atoms with Crippen LogP contribution in [-0.4, -0.2) is 45.4 Å². The van der Waals surface area contributed by atoms with Gasteiger partial charge in [-0.25, -0.2) is 9.59 Å². The second-order valence-corrected chi connectivity index (χ2v) is 7.67. The molecule has 182 valence electrons. The molecule has 0 aliphatic carbocycles. The van der Waals surface area contributed by atoms with E-state index >= 15 is 0 Å². The summed E-state index contributed by atoms with van der Waals surface area (Å²) < 4.78 is 14.3. The molecule has 0 unspecified atom stereocenters. The van der Waals surface area contributed by atoms with Gasteiger partial charge in [0.05, 0.1) is 27.4 Å². The lowest BCUT2D eigenvalue weighted by Crippen LogP contribution is -2.35. The molecule has 1 aromatic rings. The fourth-order valence-electron chi connectivity index (χ4n) is 3.32. The Bertz CT molecular complexity index is 772. The minimum Gasteiger partial charge on any atom is -0.469 e. The summed E-state index contributed by atoms with van der Waals surface area (Å²) in [6.07, 6.45) is 12.6. The van der Waals surface area contributed by atoms with E-state index in [9.17, 15) is 14.4 Å². The maximum Gasteiger partial charge on any atom is 0.407 e. The Morgan fingerprint density at radius 3 is 2.24 bits per heavy atom. The molecule has 7 nitrogen and oxygen atoms in total. The molecule has 0 radical (unpaired) electrons. The van der Waals surface area contributed by atoms with Crippen molar-refractivity contribution in [2.45, 2.75) is 63.8 Å². The van der Waals surface area contributed by atoms with Crippen LogP contribution < -0.4 is 5.32 Å². The number of methoxy groups -OCH3 is 3. The molecular weight excluding hydrogens is 422 g/mol. The molecule has 0 aromatic heterocycles. The Balaban J connectivity index is 2.58. The molecule has 33 heavy (non-hydrogen) atoms. The van der Waals surface area contributed by atoms with Gasteiger partial charge >= 0.3 is 18.0 Å². The smallest absolute Gasteiger partial charge is 0.407 e. The zero-order chi connectivity index (χ0) is 24.3. The Hall–Kier alpha value is -3.09. The molecule has 1 aromatic carbocycles. The Kier molecular flexibility index (Phi) is 14.8. The molecule has 0 heterocycles. The van der Waals surface area contributed by atoms with E-state index < -0.39 is 18.1 Å². The average molecular weight is 460 g/mol. The van der Waals surface area contributed by atoms with Crippen molar-refractivity contribution in [2.75, 3.05) is 21.3 Å². The van der Waals surface area contributed by atoms with Gasteiger partial charge in [-0.15, -0.1) is 0 Å². The van der Waals surface area contributed by atoms with Crippen molar-refractivity contribution in [3.63, 3.8) is 0 Å². The average Bonchev–Trinajstić information content (AvgIpc) is 2.83. The zero-order valence-corrected chi connectivity index (χ0v) is 20.0. The van der Waals surface area contributed by atoms with Crippen LogP contribution in [0.5, 0.6) is 0 Å². The quantitative estimate of drug-likeness (QED) is 0.132. The highest BCUT2D eigenvalue weighted by Gasteiger charge is 2.16. The van der Waals surface area contributed by atoms with E-state index in [4.69, 9.17) is 9.47 Å². The van der Waals surface area contributed by atoms with E-state index in [1.54, 1.807) is 6.08 Å².